The van der Waals surface area contributed by atoms with Crippen molar-refractivity contribution in [2.24, 2.45) is 0 Å². The van der Waals surface area contributed by atoms with E-state index in [1.54, 1.807) is 19.2 Å². The van der Waals surface area contributed by atoms with Gasteiger partial charge in [0.2, 0.25) is 0 Å². The van der Waals surface area contributed by atoms with Crippen LogP contribution in [0.1, 0.15) is 24.9 Å². The van der Waals surface area contributed by atoms with E-state index < -0.39 is 0 Å². The second-order valence-corrected chi connectivity index (χ2v) is 3.64. The van der Waals surface area contributed by atoms with Crippen LogP contribution in [0.5, 0.6) is 0 Å². The number of halogens is 1. The van der Waals surface area contributed by atoms with Gasteiger partial charge in [0.1, 0.15) is 5.82 Å². The maximum absolute atomic E-state index is 13.5. The molecule has 0 aliphatic carbocycles. The largest absolute Gasteiger partial charge is 0.382 e. The lowest BCUT2D eigenvalue weighted by molar-refractivity contribution is 0.101. The third-order valence-corrected chi connectivity index (χ3v) is 2.60. The van der Waals surface area contributed by atoms with Crippen LogP contribution in [0, 0.1) is 5.82 Å². The van der Waals surface area contributed by atoms with E-state index in [0.717, 1.165) is 6.42 Å². The Morgan fingerprint density at radius 1 is 1.40 bits per heavy atom. The fourth-order valence-corrected chi connectivity index (χ4v) is 1.59. The second kappa shape index (κ2) is 5.83. The van der Waals surface area contributed by atoms with Crippen LogP contribution in [-0.2, 0) is 4.74 Å². The summed E-state index contributed by atoms with van der Waals surface area (Å²) in [7, 11) is 3.50. The predicted octanol–water partition coefficient (Wildman–Crippen LogP) is 2.51. The molecule has 0 bridgehead atoms. The number of hydrogen-bond donors (Lipinski definition) is 1. The topological polar surface area (TPSA) is 21.3 Å². The SMILES string of the molecule is CNC(CC(C)OC)c1ccccc1F. The highest BCUT2D eigenvalue weighted by Crippen LogP contribution is 2.21. The minimum atomic E-state index is -0.167. The van der Waals surface area contributed by atoms with E-state index >= 15 is 0 Å². The Bertz CT molecular complexity index is 303. The average molecular weight is 211 g/mol. The molecule has 2 atom stereocenters. The first kappa shape index (κ1) is 12.1. The first-order valence-electron chi connectivity index (χ1n) is 5.13. The summed E-state index contributed by atoms with van der Waals surface area (Å²) in [6, 6.07) is 6.84. The molecule has 0 aliphatic rings. The van der Waals surface area contributed by atoms with Gasteiger partial charge in [-0.3, -0.25) is 0 Å². The van der Waals surface area contributed by atoms with Gasteiger partial charge in [0.25, 0.3) is 0 Å². The van der Waals surface area contributed by atoms with E-state index in [-0.39, 0.29) is 18.0 Å². The van der Waals surface area contributed by atoms with Crippen LogP contribution in [0.3, 0.4) is 0 Å². The van der Waals surface area contributed by atoms with Gasteiger partial charge >= 0.3 is 0 Å². The number of rotatable bonds is 5. The summed E-state index contributed by atoms with van der Waals surface area (Å²) >= 11 is 0. The molecular weight excluding hydrogens is 193 g/mol. The molecule has 0 heterocycles. The molecule has 2 nitrogen and oxygen atoms in total. The van der Waals surface area contributed by atoms with E-state index in [0.29, 0.717) is 5.56 Å². The van der Waals surface area contributed by atoms with Crippen molar-refractivity contribution in [3.63, 3.8) is 0 Å². The predicted molar refractivity (Wildman–Crippen MR) is 59.3 cm³/mol. The quantitative estimate of drug-likeness (QED) is 0.808. The number of hydrogen-bond acceptors (Lipinski definition) is 2. The summed E-state index contributed by atoms with van der Waals surface area (Å²) in [5, 5.41) is 3.10. The number of ether oxygens (including phenoxy) is 1. The molecule has 2 unspecified atom stereocenters. The summed E-state index contributed by atoms with van der Waals surface area (Å²) in [5.74, 6) is -0.167. The lowest BCUT2D eigenvalue weighted by atomic mass is 10.0. The minimum absolute atomic E-state index is 0.00106. The zero-order valence-electron chi connectivity index (χ0n) is 9.46. The molecule has 0 saturated carbocycles. The van der Waals surface area contributed by atoms with Crippen LogP contribution < -0.4 is 5.32 Å². The van der Waals surface area contributed by atoms with Crippen molar-refractivity contribution in [3.05, 3.63) is 35.6 Å². The van der Waals surface area contributed by atoms with Crippen molar-refractivity contribution < 1.29 is 9.13 Å². The van der Waals surface area contributed by atoms with Gasteiger partial charge in [-0.1, -0.05) is 18.2 Å². The maximum atomic E-state index is 13.5. The minimum Gasteiger partial charge on any atom is -0.382 e. The Balaban J connectivity index is 2.78. The second-order valence-electron chi connectivity index (χ2n) is 3.64. The molecule has 0 aromatic heterocycles. The first-order chi connectivity index (χ1) is 7.19. The van der Waals surface area contributed by atoms with Crippen LogP contribution in [0.2, 0.25) is 0 Å². The van der Waals surface area contributed by atoms with Gasteiger partial charge in [0.15, 0.2) is 0 Å². The third kappa shape index (κ3) is 3.29. The molecule has 1 rings (SSSR count). The molecule has 0 amide bonds. The van der Waals surface area contributed by atoms with Gasteiger partial charge < -0.3 is 10.1 Å². The Morgan fingerprint density at radius 3 is 2.60 bits per heavy atom. The molecule has 0 saturated heterocycles. The standard InChI is InChI=1S/C12H18FNO/c1-9(15-3)8-12(14-2)10-6-4-5-7-11(10)13/h4-7,9,12,14H,8H2,1-3H3. The van der Waals surface area contributed by atoms with Crippen LogP contribution in [-0.4, -0.2) is 20.3 Å². The summed E-state index contributed by atoms with van der Waals surface area (Å²) in [4.78, 5) is 0. The molecule has 0 fully saturated rings. The Morgan fingerprint density at radius 2 is 2.07 bits per heavy atom. The van der Waals surface area contributed by atoms with Crippen LogP contribution >= 0.6 is 0 Å². The Hall–Kier alpha value is -0.930. The van der Waals surface area contributed by atoms with Crippen LogP contribution in [0.15, 0.2) is 24.3 Å². The van der Waals surface area contributed by atoms with Crippen molar-refractivity contribution in [1.82, 2.24) is 5.32 Å². The highest BCUT2D eigenvalue weighted by molar-refractivity contribution is 5.21. The average Bonchev–Trinajstić information content (AvgIpc) is 2.26. The molecular formula is C12H18FNO. The fraction of sp³-hybridized carbons (Fsp3) is 0.500. The Labute approximate surface area is 90.4 Å². The molecule has 0 aliphatic heterocycles. The van der Waals surface area contributed by atoms with E-state index in [1.807, 2.05) is 20.0 Å². The molecule has 15 heavy (non-hydrogen) atoms. The van der Waals surface area contributed by atoms with E-state index in [1.165, 1.54) is 6.07 Å². The number of benzene rings is 1. The highest BCUT2D eigenvalue weighted by Gasteiger charge is 2.16. The van der Waals surface area contributed by atoms with Crippen molar-refractivity contribution in [3.8, 4) is 0 Å². The van der Waals surface area contributed by atoms with E-state index in [9.17, 15) is 4.39 Å². The van der Waals surface area contributed by atoms with E-state index in [4.69, 9.17) is 4.74 Å². The number of nitrogens with one attached hydrogen (secondary N) is 1. The summed E-state index contributed by atoms with van der Waals surface area (Å²) in [5.41, 5.74) is 0.698. The van der Waals surface area contributed by atoms with Gasteiger partial charge in [0.05, 0.1) is 6.10 Å². The molecule has 0 radical (unpaired) electrons. The van der Waals surface area contributed by atoms with Crippen LogP contribution in [0.25, 0.3) is 0 Å². The summed E-state index contributed by atoms with van der Waals surface area (Å²) < 4.78 is 18.7. The van der Waals surface area contributed by atoms with Crippen molar-refractivity contribution in [1.29, 1.82) is 0 Å². The molecule has 1 N–H and O–H groups in total. The normalized spacial score (nSPS) is 14.9. The first-order valence-corrected chi connectivity index (χ1v) is 5.13. The molecule has 1 aromatic carbocycles. The lowest BCUT2D eigenvalue weighted by Crippen LogP contribution is -2.22. The molecule has 84 valence electrons. The number of methoxy groups -OCH3 is 1. The van der Waals surface area contributed by atoms with Gasteiger partial charge in [-0.15, -0.1) is 0 Å². The van der Waals surface area contributed by atoms with Gasteiger partial charge in [-0.05, 0) is 26.5 Å². The fourth-order valence-electron chi connectivity index (χ4n) is 1.59. The van der Waals surface area contributed by atoms with Crippen molar-refractivity contribution in [2.75, 3.05) is 14.2 Å². The molecule has 0 spiro atoms. The van der Waals surface area contributed by atoms with Gasteiger partial charge in [-0.25, -0.2) is 4.39 Å². The molecule has 3 heteroatoms. The summed E-state index contributed by atoms with van der Waals surface area (Å²) in [6.07, 6.45) is 0.871. The zero-order chi connectivity index (χ0) is 11.3. The van der Waals surface area contributed by atoms with Crippen molar-refractivity contribution in [2.45, 2.75) is 25.5 Å². The zero-order valence-corrected chi connectivity index (χ0v) is 9.46. The summed E-state index contributed by atoms with van der Waals surface area (Å²) in [6.45, 7) is 1.98. The van der Waals surface area contributed by atoms with E-state index in [2.05, 4.69) is 5.32 Å². The lowest BCUT2D eigenvalue weighted by Gasteiger charge is -2.20. The Kier molecular flexibility index (Phi) is 4.72. The molecule has 1 aromatic rings. The third-order valence-electron chi connectivity index (χ3n) is 2.60. The highest BCUT2D eigenvalue weighted by atomic mass is 19.1. The van der Waals surface area contributed by atoms with Crippen LogP contribution in [0.4, 0.5) is 4.39 Å². The maximum Gasteiger partial charge on any atom is 0.127 e. The van der Waals surface area contributed by atoms with Gasteiger partial charge in [-0.2, -0.15) is 0 Å². The smallest absolute Gasteiger partial charge is 0.127 e. The van der Waals surface area contributed by atoms with Gasteiger partial charge in [0, 0.05) is 18.7 Å². The van der Waals surface area contributed by atoms with Crippen molar-refractivity contribution >= 4 is 0 Å². The monoisotopic (exact) mass is 211 g/mol.